The fourth-order valence-corrected chi connectivity index (χ4v) is 4.70. The zero-order chi connectivity index (χ0) is 14.8. The Balaban J connectivity index is 2.38. The maximum absolute atomic E-state index is 13.3. The third-order valence-electron chi connectivity index (χ3n) is 3.51. The molecule has 1 heterocycles. The molecule has 1 fully saturated rings. The summed E-state index contributed by atoms with van der Waals surface area (Å²) in [4.78, 5) is -0.153. The third-order valence-corrected chi connectivity index (χ3v) is 6.02. The number of sulfonamides is 1. The fourth-order valence-electron chi connectivity index (χ4n) is 2.52. The summed E-state index contributed by atoms with van der Waals surface area (Å²) in [6.45, 7) is 3.70. The molecule has 0 bridgehead atoms. The van der Waals surface area contributed by atoms with Crippen LogP contribution in [0.15, 0.2) is 23.1 Å². The second-order valence-electron chi connectivity index (χ2n) is 4.76. The van der Waals surface area contributed by atoms with Gasteiger partial charge in [-0.1, -0.05) is 18.5 Å². The molecule has 0 aromatic heterocycles. The summed E-state index contributed by atoms with van der Waals surface area (Å²) >= 11 is 5.94. The largest absolute Gasteiger partial charge is 0.317 e. The van der Waals surface area contributed by atoms with Crippen molar-refractivity contribution >= 4 is 21.6 Å². The minimum Gasteiger partial charge on any atom is -0.317 e. The summed E-state index contributed by atoms with van der Waals surface area (Å²) in [6.07, 6.45) is 1.50. The van der Waals surface area contributed by atoms with Crippen LogP contribution < -0.4 is 5.32 Å². The molecule has 0 atom stereocenters. The van der Waals surface area contributed by atoms with Crippen molar-refractivity contribution in [3.63, 3.8) is 0 Å². The van der Waals surface area contributed by atoms with Crippen LogP contribution in [-0.4, -0.2) is 38.4 Å². The monoisotopic (exact) mass is 320 g/mol. The first-order valence-electron chi connectivity index (χ1n) is 6.64. The van der Waals surface area contributed by atoms with E-state index in [0.717, 1.165) is 38.1 Å². The van der Waals surface area contributed by atoms with E-state index >= 15 is 0 Å². The van der Waals surface area contributed by atoms with E-state index in [-0.39, 0.29) is 16.0 Å². The predicted molar refractivity (Wildman–Crippen MR) is 76.9 cm³/mol. The van der Waals surface area contributed by atoms with Gasteiger partial charge in [0.2, 0.25) is 10.0 Å². The Morgan fingerprint density at radius 1 is 1.40 bits per heavy atom. The molecule has 1 aliphatic heterocycles. The quantitative estimate of drug-likeness (QED) is 0.925. The Bertz CT molecular complexity index is 574. The number of halogens is 2. The van der Waals surface area contributed by atoms with Crippen molar-refractivity contribution in [2.24, 2.45) is 0 Å². The van der Waals surface area contributed by atoms with Gasteiger partial charge in [-0.25, -0.2) is 12.8 Å². The van der Waals surface area contributed by atoms with Gasteiger partial charge < -0.3 is 5.32 Å². The standard InChI is InChI=1S/C13H18ClFN2O2S/c1-2-17(11-5-7-16-8-6-11)20(18,19)13-9-10(15)3-4-12(13)14/h3-4,9,11,16H,2,5-8H2,1H3. The molecule has 0 unspecified atom stereocenters. The lowest BCUT2D eigenvalue weighted by Crippen LogP contribution is -2.46. The molecule has 0 saturated carbocycles. The molecule has 0 amide bonds. The lowest BCUT2D eigenvalue weighted by molar-refractivity contribution is 0.270. The average Bonchev–Trinajstić information content (AvgIpc) is 2.43. The van der Waals surface area contributed by atoms with Crippen LogP contribution in [0.4, 0.5) is 4.39 Å². The Morgan fingerprint density at radius 3 is 2.65 bits per heavy atom. The van der Waals surface area contributed by atoms with Crippen LogP contribution in [0.5, 0.6) is 0 Å². The van der Waals surface area contributed by atoms with Gasteiger partial charge in [0.15, 0.2) is 0 Å². The smallest absolute Gasteiger partial charge is 0.244 e. The number of hydrogen-bond acceptors (Lipinski definition) is 3. The van der Waals surface area contributed by atoms with Gasteiger partial charge in [-0.15, -0.1) is 0 Å². The maximum Gasteiger partial charge on any atom is 0.244 e. The Morgan fingerprint density at radius 2 is 2.05 bits per heavy atom. The number of benzene rings is 1. The number of rotatable bonds is 4. The van der Waals surface area contributed by atoms with E-state index in [9.17, 15) is 12.8 Å². The van der Waals surface area contributed by atoms with E-state index in [0.29, 0.717) is 6.54 Å². The van der Waals surface area contributed by atoms with E-state index in [1.807, 2.05) is 0 Å². The summed E-state index contributed by atoms with van der Waals surface area (Å²) in [5.74, 6) is -0.602. The maximum atomic E-state index is 13.3. The second kappa shape index (κ2) is 6.39. The van der Waals surface area contributed by atoms with Gasteiger partial charge in [-0.2, -0.15) is 4.31 Å². The minimum atomic E-state index is -3.77. The van der Waals surface area contributed by atoms with Gasteiger partial charge in [0.25, 0.3) is 0 Å². The predicted octanol–water partition coefficient (Wildman–Crippen LogP) is 2.24. The topological polar surface area (TPSA) is 49.4 Å². The van der Waals surface area contributed by atoms with Crippen LogP contribution in [-0.2, 0) is 10.0 Å². The van der Waals surface area contributed by atoms with Crippen molar-refractivity contribution in [3.05, 3.63) is 29.0 Å². The van der Waals surface area contributed by atoms with Gasteiger partial charge in [-0.05, 0) is 44.1 Å². The molecule has 1 aliphatic rings. The van der Waals surface area contributed by atoms with Crippen LogP contribution in [0, 0.1) is 5.82 Å². The molecule has 1 aromatic rings. The second-order valence-corrected chi connectivity index (χ2v) is 7.03. The van der Waals surface area contributed by atoms with Crippen molar-refractivity contribution in [2.45, 2.75) is 30.7 Å². The molecule has 1 N–H and O–H groups in total. The zero-order valence-corrected chi connectivity index (χ0v) is 12.8. The van der Waals surface area contributed by atoms with Crippen molar-refractivity contribution < 1.29 is 12.8 Å². The Kier molecular flexibility index (Phi) is 5.01. The molecule has 4 nitrogen and oxygen atoms in total. The van der Waals surface area contributed by atoms with Gasteiger partial charge in [0.05, 0.1) is 5.02 Å². The number of hydrogen-bond donors (Lipinski definition) is 1. The van der Waals surface area contributed by atoms with Gasteiger partial charge in [0, 0.05) is 12.6 Å². The van der Waals surface area contributed by atoms with E-state index < -0.39 is 15.8 Å². The molecule has 1 aromatic carbocycles. The van der Waals surface area contributed by atoms with Gasteiger partial charge in [-0.3, -0.25) is 0 Å². The molecule has 7 heteroatoms. The van der Waals surface area contributed by atoms with Gasteiger partial charge >= 0.3 is 0 Å². The van der Waals surface area contributed by atoms with E-state index in [1.54, 1.807) is 6.92 Å². The highest BCUT2D eigenvalue weighted by Crippen LogP contribution is 2.28. The highest BCUT2D eigenvalue weighted by atomic mass is 35.5. The Hall–Kier alpha value is -0.690. The first kappa shape index (κ1) is 15.7. The minimum absolute atomic E-state index is 0.0544. The lowest BCUT2D eigenvalue weighted by atomic mass is 10.1. The molecular formula is C13H18ClFN2O2S. The molecular weight excluding hydrogens is 303 g/mol. The first-order chi connectivity index (χ1) is 9.46. The molecule has 0 aliphatic carbocycles. The summed E-state index contributed by atoms with van der Waals surface area (Å²) in [5.41, 5.74) is 0. The fraction of sp³-hybridized carbons (Fsp3) is 0.538. The molecule has 20 heavy (non-hydrogen) atoms. The number of piperidine rings is 1. The number of nitrogens with zero attached hydrogens (tertiary/aromatic N) is 1. The SMILES string of the molecule is CCN(C1CCNCC1)S(=O)(=O)c1cc(F)ccc1Cl. The first-order valence-corrected chi connectivity index (χ1v) is 8.46. The normalized spacial score (nSPS) is 17.6. The van der Waals surface area contributed by atoms with Crippen molar-refractivity contribution in [2.75, 3.05) is 19.6 Å². The highest BCUT2D eigenvalue weighted by molar-refractivity contribution is 7.89. The van der Waals surface area contributed by atoms with Crippen LogP contribution in [0.1, 0.15) is 19.8 Å². The Labute approximate surface area is 124 Å². The molecule has 112 valence electrons. The zero-order valence-electron chi connectivity index (χ0n) is 11.3. The van der Waals surface area contributed by atoms with E-state index in [4.69, 9.17) is 11.6 Å². The molecule has 2 rings (SSSR count). The van der Waals surface area contributed by atoms with Crippen molar-refractivity contribution in [1.82, 2.24) is 9.62 Å². The van der Waals surface area contributed by atoms with Gasteiger partial charge in [0.1, 0.15) is 10.7 Å². The van der Waals surface area contributed by atoms with Crippen LogP contribution in [0.2, 0.25) is 5.02 Å². The highest BCUT2D eigenvalue weighted by Gasteiger charge is 2.32. The van der Waals surface area contributed by atoms with Crippen molar-refractivity contribution in [3.8, 4) is 0 Å². The van der Waals surface area contributed by atoms with Crippen molar-refractivity contribution in [1.29, 1.82) is 0 Å². The van der Waals surface area contributed by atoms with Crippen LogP contribution in [0.25, 0.3) is 0 Å². The molecule has 1 saturated heterocycles. The van der Waals surface area contributed by atoms with Crippen LogP contribution >= 0.6 is 11.6 Å². The molecule has 0 spiro atoms. The third kappa shape index (κ3) is 3.14. The summed E-state index contributed by atoms with van der Waals surface area (Å²) in [5, 5.41) is 3.25. The van der Waals surface area contributed by atoms with Crippen LogP contribution in [0.3, 0.4) is 0 Å². The van der Waals surface area contributed by atoms with E-state index in [1.165, 1.54) is 10.4 Å². The molecule has 0 radical (unpaired) electrons. The lowest BCUT2D eigenvalue weighted by Gasteiger charge is -2.33. The summed E-state index contributed by atoms with van der Waals surface area (Å²) in [6, 6.07) is 3.36. The van der Waals surface area contributed by atoms with E-state index in [2.05, 4.69) is 5.32 Å². The average molecular weight is 321 g/mol. The number of nitrogens with one attached hydrogen (secondary N) is 1. The summed E-state index contributed by atoms with van der Waals surface area (Å²) < 4.78 is 40.1. The summed E-state index contributed by atoms with van der Waals surface area (Å²) in [7, 11) is -3.77.